The van der Waals surface area contributed by atoms with Crippen molar-refractivity contribution in [2.24, 2.45) is 0 Å². The summed E-state index contributed by atoms with van der Waals surface area (Å²) in [6.45, 7) is 2.08. The van der Waals surface area contributed by atoms with Crippen molar-refractivity contribution in [3.05, 3.63) is 58.7 Å². The number of carboxylic acid groups (broad SMARTS) is 2. The Morgan fingerprint density at radius 2 is 1.24 bits per heavy atom. The van der Waals surface area contributed by atoms with Crippen molar-refractivity contribution >= 4 is 11.9 Å². The van der Waals surface area contributed by atoms with Gasteiger partial charge in [-0.3, -0.25) is 0 Å². The van der Waals surface area contributed by atoms with Gasteiger partial charge >= 0.3 is 11.9 Å². The van der Waals surface area contributed by atoms with Crippen LogP contribution >= 0.6 is 0 Å². The van der Waals surface area contributed by atoms with Gasteiger partial charge in [0, 0.05) is 0 Å². The van der Waals surface area contributed by atoms with Crippen LogP contribution in [-0.4, -0.2) is 60.8 Å². The van der Waals surface area contributed by atoms with Gasteiger partial charge in [-0.15, -0.1) is 0 Å². The molecule has 2 aliphatic heterocycles. The Kier molecular flexibility index (Phi) is 5.37. The van der Waals surface area contributed by atoms with Crippen LogP contribution in [0.5, 0.6) is 11.5 Å². The van der Waals surface area contributed by atoms with E-state index in [2.05, 4.69) is 0 Å². The minimum absolute atomic E-state index is 0.0699. The molecule has 2 aromatic rings. The Labute approximate surface area is 166 Å². The van der Waals surface area contributed by atoms with Gasteiger partial charge in [-0.05, 0) is 53.9 Å². The van der Waals surface area contributed by atoms with Gasteiger partial charge in [-0.25, -0.2) is 9.59 Å². The van der Waals surface area contributed by atoms with Gasteiger partial charge in [-0.1, -0.05) is 0 Å². The molecule has 2 fully saturated rings. The summed E-state index contributed by atoms with van der Waals surface area (Å²) in [6, 6.07) is 9.36. The Bertz CT molecular complexity index is 855. The number of aromatic carboxylic acids is 2. The molecule has 2 atom stereocenters. The van der Waals surface area contributed by atoms with Crippen LogP contribution in [0.15, 0.2) is 36.4 Å². The molecule has 2 N–H and O–H groups in total. The average Bonchev–Trinajstić information content (AvgIpc) is 3.60. The van der Waals surface area contributed by atoms with Crippen LogP contribution in [0.2, 0.25) is 0 Å². The van der Waals surface area contributed by atoms with Gasteiger partial charge in [-0.2, -0.15) is 0 Å². The van der Waals surface area contributed by atoms with Gasteiger partial charge in [0.1, 0.15) is 36.9 Å². The predicted molar refractivity (Wildman–Crippen MR) is 100 cm³/mol. The molecule has 0 spiro atoms. The van der Waals surface area contributed by atoms with Gasteiger partial charge < -0.3 is 29.2 Å². The molecule has 2 unspecified atom stereocenters. The largest absolute Gasteiger partial charge is 0.491 e. The van der Waals surface area contributed by atoms with Crippen molar-refractivity contribution in [1.29, 1.82) is 0 Å². The molecule has 0 saturated carbocycles. The van der Waals surface area contributed by atoms with E-state index < -0.39 is 11.9 Å². The van der Waals surface area contributed by atoms with Gasteiger partial charge in [0.2, 0.25) is 0 Å². The minimum atomic E-state index is -1.09. The fourth-order valence-corrected chi connectivity index (χ4v) is 2.94. The lowest BCUT2D eigenvalue weighted by atomic mass is 9.95. The molecule has 4 rings (SSSR count). The SMILES string of the molecule is O=C(O)c1ccc(OCC2CO2)cc1Cc1cc(OCC2CO2)ccc1C(=O)O. The van der Waals surface area contributed by atoms with Crippen LogP contribution < -0.4 is 9.47 Å². The van der Waals surface area contributed by atoms with Crippen LogP contribution in [-0.2, 0) is 15.9 Å². The molecule has 152 valence electrons. The Balaban J connectivity index is 1.61. The smallest absolute Gasteiger partial charge is 0.335 e. The fraction of sp³-hybridized carbons (Fsp3) is 0.333. The van der Waals surface area contributed by atoms with Crippen molar-refractivity contribution in [2.75, 3.05) is 26.4 Å². The van der Waals surface area contributed by atoms with E-state index in [-0.39, 0.29) is 29.8 Å². The maximum atomic E-state index is 11.7. The molecule has 2 heterocycles. The number of hydrogen-bond acceptors (Lipinski definition) is 6. The summed E-state index contributed by atoms with van der Waals surface area (Å²) in [4.78, 5) is 23.3. The third-order valence-corrected chi connectivity index (χ3v) is 4.67. The summed E-state index contributed by atoms with van der Waals surface area (Å²) in [7, 11) is 0. The maximum Gasteiger partial charge on any atom is 0.335 e. The second-order valence-electron chi connectivity index (χ2n) is 6.96. The lowest BCUT2D eigenvalue weighted by Crippen LogP contribution is -2.10. The summed E-state index contributed by atoms with van der Waals surface area (Å²) < 4.78 is 21.5. The third-order valence-electron chi connectivity index (χ3n) is 4.67. The number of carbonyl (C=O) groups is 2. The van der Waals surface area contributed by atoms with Crippen molar-refractivity contribution < 1.29 is 38.7 Å². The highest BCUT2D eigenvalue weighted by Gasteiger charge is 2.24. The minimum Gasteiger partial charge on any atom is -0.491 e. The van der Waals surface area contributed by atoms with E-state index in [1.165, 1.54) is 12.1 Å². The number of rotatable bonds is 10. The first-order valence-corrected chi connectivity index (χ1v) is 9.21. The zero-order valence-electron chi connectivity index (χ0n) is 15.5. The first-order chi connectivity index (χ1) is 14.0. The lowest BCUT2D eigenvalue weighted by Gasteiger charge is -2.13. The molecule has 8 heteroatoms. The van der Waals surface area contributed by atoms with E-state index >= 15 is 0 Å². The van der Waals surface area contributed by atoms with E-state index in [9.17, 15) is 19.8 Å². The standard InChI is InChI=1S/C21H20O8/c22-20(23)18-3-1-14(26-8-16-10-28-16)6-12(18)5-13-7-15(27-9-17-11-29-17)2-4-19(13)21(24)25/h1-4,6-7,16-17H,5,8-11H2,(H,22,23)(H,24,25). The summed E-state index contributed by atoms with van der Waals surface area (Å²) >= 11 is 0. The summed E-state index contributed by atoms with van der Waals surface area (Å²) in [5.41, 5.74) is 1.09. The monoisotopic (exact) mass is 400 g/mol. The molecule has 2 saturated heterocycles. The molecule has 0 bridgehead atoms. The van der Waals surface area contributed by atoms with Gasteiger partial charge in [0.05, 0.1) is 24.3 Å². The normalized spacial score (nSPS) is 19.4. The van der Waals surface area contributed by atoms with E-state index in [1.54, 1.807) is 24.3 Å². The fourth-order valence-electron chi connectivity index (χ4n) is 2.94. The Morgan fingerprint density at radius 3 is 1.59 bits per heavy atom. The predicted octanol–water partition coefficient (Wildman–Crippen LogP) is 2.23. The molecule has 29 heavy (non-hydrogen) atoms. The quantitative estimate of drug-likeness (QED) is 0.583. The van der Waals surface area contributed by atoms with Crippen LogP contribution in [0.1, 0.15) is 31.8 Å². The summed E-state index contributed by atoms with van der Waals surface area (Å²) in [5, 5.41) is 19.1. The molecule has 0 aromatic heterocycles. The van der Waals surface area contributed by atoms with E-state index in [0.29, 0.717) is 49.1 Å². The second kappa shape index (κ2) is 8.10. The van der Waals surface area contributed by atoms with Gasteiger partial charge in [0.15, 0.2) is 0 Å². The first kappa shape index (κ1) is 19.2. The number of ether oxygens (including phenoxy) is 4. The molecule has 8 nitrogen and oxygen atoms in total. The third kappa shape index (κ3) is 5.04. The van der Waals surface area contributed by atoms with E-state index in [4.69, 9.17) is 18.9 Å². The van der Waals surface area contributed by atoms with E-state index in [0.717, 1.165) is 0 Å². The van der Waals surface area contributed by atoms with Crippen molar-refractivity contribution in [1.82, 2.24) is 0 Å². The highest BCUT2D eigenvalue weighted by Crippen LogP contribution is 2.26. The van der Waals surface area contributed by atoms with Crippen LogP contribution in [0.25, 0.3) is 0 Å². The summed E-state index contributed by atoms with van der Waals surface area (Å²) in [5.74, 6) is -1.16. The molecule has 2 aliphatic rings. The molecular weight excluding hydrogens is 380 g/mol. The highest BCUT2D eigenvalue weighted by atomic mass is 16.6. The average molecular weight is 400 g/mol. The Morgan fingerprint density at radius 1 is 0.828 bits per heavy atom. The zero-order chi connectivity index (χ0) is 20.4. The number of benzene rings is 2. The van der Waals surface area contributed by atoms with Crippen LogP contribution in [0.3, 0.4) is 0 Å². The van der Waals surface area contributed by atoms with Crippen molar-refractivity contribution in [3.63, 3.8) is 0 Å². The van der Waals surface area contributed by atoms with Gasteiger partial charge in [0.25, 0.3) is 0 Å². The summed E-state index contributed by atoms with van der Waals surface area (Å²) in [6.07, 6.45) is 0.248. The zero-order valence-corrected chi connectivity index (χ0v) is 15.5. The number of carboxylic acids is 2. The number of epoxide rings is 2. The van der Waals surface area contributed by atoms with Crippen molar-refractivity contribution in [3.8, 4) is 11.5 Å². The Hall–Kier alpha value is -3.10. The highest BCUT2D eigenvalue weighted by molar-refractivity contribution is 5.91. The molecular formula is C21H20O8. The van der Waals surface area contributed by atoms with Crippen LogP contribution in [0.4, 0.5) is 0 Å². The molecule has 2 aromatic carbocycles. The number of hydrogen-bond donors (Lipinski definition) is 2. The van der Waals surface area contributed by atoms with Crippen LogP contribution in [0, 0.1) is 0 Å². The molecule has 0 radical (unpaired) electrons. The van der Waals surface area contributed by atoms with E-state index in [1.807, 2.05) is 0 Å². The maximum absolute atomic E-state index is 11.7. The first-order valence-electron chi connectivity index (χ1n) is 9.21. The lowest BCUT2D eigenvalue weighted by molar-refractivity contribution is 0.0686. The molecule has 0 amide bonds. The molecule has 0 aliphatic carbocycles. The topological polar surface area (TPSA) is 118 Å². The second-order valence-corrected chi connectivity index (χ2v) is 6.96. The van der Waals surface area contributed by atoms with Crippen molar-refractivity contribution in [2.45, 2.75) is 18.6 Å².